The van der Waals surface area contributed by atoms with Crippen molar-refractivity contribution in [2.75, 3.05) is 0 Å². The maximum Gasteiger partial charge on any atom is 0.227 e. The molecule has 1 aromatic heterocycles. The van der Waals surface area contributed by atoms with E-state index in [0.29, 0.717) is 17.4 Å². The average Bonchev–Trinajstić information content (AvgIpc) is 2.33. The van der Waals surface area contributed by atoms with Gasteiger partial charge in [0.2, 0.25) is 11.8 Å². The molecule has 80 valence electrons. The molecule has 0 aliphatic heterocycles. The van der Waals surface area contributed by atoms with E-state index in [1.807, 2.05) is 0 Å². The van der Waals surface area contributed by atoms with E-state index in [9.17, 15) is 9.59 Å². The number of para-hydroxylation sites is 1. The van der Waals surface area contributed by atoms with Crippen molar-refractivity contribution < 1.29 is 9.21 Å². The normalized spacial score (nSPS) is 10.8. The minimum Gasteiger partial charge on any atom is -0.463 e. The summed E-state index contributed by atoms with van der Waals surface area (Å²) in [4.78, 5) is 21.8. The second-order valence-corrected chi connectivity index (χ2v) is 3.02. The maximum atomic E-state index is 11.9. The van der Waals surface area contributed by atoms with Crippen LogP contribution in [0, 0.1) is 0 Å². The summed E-state index contributed by atoms with van der Waals surface area (Å²) in [5, 5.41) is 4.01. The van der Waals surface area contributed by atoms with Gasteiger partial charge in [-0.3, -0.25) is 9.59 Å². The van der Waals surface area contributed by atoms with Crippen molar-refractivity contribution in [3.8, 4) is 0 Å². The fraction of sp³-hybridized carbons (Fsp3) is 0. The summed E-state index contributed by atoms with van der Waals surface area (Å²) in [6, 6.07) is 6.92. The lowest BCUT2D eigenvalue weighted by atomic mass is 10.2. The second-order valence-electron chi connectivity index (χ2n) is 3.02. The van der Waals surface area contributed by atoms with Gasteiger partial charge in [0, 0.05) is 0 Å². The Morgan fingerprint density at radius 2 is 2.12 bits per heavy atom. The summed E-state index contributed by atoms with van der Waals surface area (Å²) in [5.74, 6) is 0. The Morgan fingerprint density at radius 3 is 2.94 bits per heavy atom. The summed E-state index contributed by atoms with van der Waals surface area (Å²) in [7, 11) is 0. The van der Waals surface area contributed by atoms with Crippen molar-refractivity contribution in [3.05, 3.63) is 46.3 Å². The smallest absolute Gasteiger partial charge is 0.227 e. The Labute approximate surface area is 90.4 Å². The summed E-state index contributed by atoms with van der Waals surface area (Å²) in [5.41, 5.74) is 2.70. The van der Waals surface area contributed by atoms with Crippen LogP contribution in [0.15, 0.2) is 44.8 Å². The highest BCUT2D eigenvalue weighted by molar-refractivity contribution is 5.86. The maximum absolute atomic E-state index is 11.9. The van der Waals surface area contributed by atoms with E-state index in [2.05, 4.69) is 10.5 Å². The van der Waals surface area contributed by atoms with Gasteiger partial charge >= 0.3 is 0 Å². The fourth-order valence-electron chi connectivity index (χ4n) is 1.32. The van der Waals surface area contributed by atoms with E-state index in [1.54, 1.807) is 24.3 Å². The van der Waals surface area contributed by atoms with Gasteiger partial charge in [-0.15, -0.1) is 0 Å². The lowest BCUT2D eigenvalue weighted by molar-refractivity contribution is -0.109. The van der Waals surface area contributed by atoms with Crippen LogP contribution in [0.4, 0.5) is 0 Å². The summed E-state index contributed by atoms with van der Waals surface area (Å²) >= 11 is 0. The molecule has 2 aromatic rings. The number of nitrogens with one attached hydrogen (secondary N) is 1. The van der Waals surface area contributed by atoms with E-state index >= 15 is 0 Å². The molecule has 0 unspecified atom stereocenters. The van der Waals surface area contributed by atoms with Crippen molar-refractivity contribution in [1.29, 1.82) is 0 Å². The molecule has 0 atom stereocenters. The molecular weight excluding hydrogens is 208 g/mol. The van der Waals surface area contributed by atoms with Gasteiger partial charge < -0.3 is 4.42 Å². The molecule has 2 rings (SSSR count). The van der Waals surface area contributed by atoms with Gasteiger partial charge in [0.05, 0.1) is 17.2 Å². The quantitative estimate of drug-likeness (QED) is 0.470. The number of carbonyl (C=O) groups is 1. The number of hydrogen-bond donors (Lipinski definition) is 1. The predicted octanol–water partition coefficient (Wildman–Crippen LogP) is 0.873. The molecule has 0 aliphatic carbocycles. The van der Waals surface area contributed by atoms with Crippen LogP contribution >= 0.6 is 0 Å². The first-order valence-electron chi connectivity index (χ1n) is 4.55. The third-order valence-electron chi connectivity index (χ3n) is 2.04. The minimum atomic E-state index is -0.182. The monoisotopic (exact) mass is 216 g/mol. The molecular formula is C11H8N2O3. The van der Waals surface area contributed by atoms with E-state index in [0.717, 1.165) is 0 Å². The van der Waals surface area contributed by atoms with Gasteiger partial charge in [-0.25, -0.2) is 5.43 Å². The van der Waals surface area contributed by atoms with E-state index in [1.165, 1.54) is 12.5 Å². The number of nitrogens with zero attached hydrogens (tertiary/aromatic N) is 1. The largest absolute Gasteiger partial charge is 0.463 e. The minimum absolute atomic E-state index is 0.182. The Kier molecular flexibility index (Phi) is 2.77. The summed E-state index contributed by atoms with van der Waals surface area (Å²) in [6.07, 6.45) is 2.96. The Morgan fingerprint density at radius 1 is 1.31 bits per heavy atom. The molecule has 0 bridgehead atoms. The van der Waals surface area contributed by atoms with Crippen LogP contribution in [-0.4, -0.2) is 12.6 Å². The summed E-state index contributed by atoms with van der Waals surface area (Å²) < 4.78 is 5.25. The lowest BCUT2D eigenvalue weighted by Gasteiger charge is -1.96. The molecule has 1 heterocycles. The van der Waals surface area contributed by atoms with Gasteiger partial charge in [0.25, 0.3) is 0 Å². The number of hydrogen-bond acceptors (Lipinski definition) is 4. The highest BCUT2D eigenvalue weighted by atomic mass is 16.3. The lowest BCUT2D eigenvalue weighted by Crippen LogP contribution is -2.10. The Balaban J connectivity index is 2.52. The van der Waals surface area contributed by atoms with Crippen LogP contribution in [0.2, 0.25) is 0 Å². The molecule has 1 aromatic carbocycles. The first-order valence-corrected chi connectivity index (χ1v) is 4.55. The molecule has 0 radical (unpaired) electrons. The first kappa shape index (κ1) is 10.1. The molecule has 1 N–H and O–H groups in total. The number of carbonyl (C=O) groups excluding carboxylic acids is 1. The van der Waals surface area contributed by atoms with Crippen LogP contribution in [0.5, 0.6) is 0 Å². The van der Waals surface area contributed by atoms with Crippen LogP contribution in [-0.2, 0) is 4.79 Å². The number of hydrazone groups is 1. The molecule has 0 saturated heterocycles. The van der Waals surface area contributed by atoms with Crippen molar-refractivity contribution in [2.24, 2.45) is 5.10 Å². The van der Waals surface area contributed by atoms with Gasteiger partial charge in [-0.2, -0.15) is 5.10 Å². The number of benzene rings is 1. The zero-order valence-corrected chi connectivity index (χ0v) is 8.21. The Hall–Kier alpha value is -2.43. The van der Waals surface area contributed by atoms with Crippen LogP contribution in [0.25, 0.3) is 11.0 Å². The van der Waals surface area contributed by atoms with Crippen LogP contribution in [0.3, 0.4) is 0 Å². The molecule has 0 fully saturated rings. The SMILES string of the molecule is O=CN/N=C/c1coc2ccccc2c1=O. The third kappa shape index (κ3) is 1.83. The molecule has 5 heteroatoms. The summed E-state index contributed by atoms with van der Waals surface area (Å²) in [6.45, 7) is 0. The molecule has 0 aliphatic rings. The molecule has 5 nitrogen and oxygen atoms in total. The van der Waals surface area contributed by atoms with Gasteiger partial charge in [0.15, 0.2) is 0 Å². The predicted molar refractivity (Wildman–Crippen MR) is 59.3 cm³/mol. The van der Waals surface area contributed by atoms with Crippen molar-refractivity contribution >= 4 is 23.6 Å². The molecule has 1 amide bonds. The zero-order chi connectivity index (χ0) is 11.4. The van der Waals surface area contributed by atoms with Crippen LogP contribution < -0.4 is 10.9 Å². The number of amides is 1. The third-order valence-corrected chi connectivity index (χ3v) is 2.04. The first-order chi connectivity index (χ1) is 7.83. The van der Waals surface area contributed by atoms with E-state index < -0.39 is 0 Å². The molecule has 0 spiro atoms. The van der Waals surface area contributed by atoms with Crippen molar-refractivity contribution in [3.63, 3.8) is 0 Å². The fourth-order valence-corrected chi connectivity index (χ4v) is 1.32. The van der Waals surface area contributed by atoms with Crippen molar-refractivity contribution in [1.82, 2.24) is 5.43 Å². The number of rotatable bonds is 3. The average molecular weight is 216 g/mol. The molecule has 0 saturated carbocycles. The second kappa shape index (κ2) is 4.39. The Bertz CT molecular complexity index is 601. The number of fused-ring (bicyclic) bond motifs is 1. The molecule has 16 heavy (non-hydrogen) atoms. The topological polar surface area (TPSA) is 71.7 Å². The van der Waals surface area contributed by atoms with E-state index in [-0.39, 0.29) is 11.0 Å². The van der Waals surface area contributed by atoms with E-state index in [4.69, 9.17) is 4.42 Å². The van der Waals surface area contributed by atoms with Gasteiger partial charge in [-0.1, -0.05) is 12.1 Å². The highest BCUT2D eigenvalue weighted by Gasteiger charge is 2.03. The van der Waals surface area contributed by atoms with Gasteiger partial charge in [-0.05, 0) is 12.1 Å². The van der Waals surface area contributed by atoms with Crippen molar-refractivity contribution in [2.45, 2.75) is 0 Å². The van der Waals surface area contributed by atoms with Gasteiger partial charge in [0.1, 0.15) is 11.8 Å². The van der Waals surface area contributed by atoms with Crippen LogP contribution in [0.1, 0.15) is 5.56 Å². The zero-order valence-electron chi connectivity index (χ0n) is 8.21. The highest BCUT2D eigenvalue weighted by Crippen LogP contribution is 2.09. The standard InChI is InChI=1S/C11H8N2O3/c14-7-13-12-5-8-6-16-10-4-2-1-3-9(10)11(8)15/h1-7H,(H,13,14)/b12-5+.